The van der Waals surface area contributed by atoms with E-state index in [0.717, 1.165) is 25.8 Å². The number of nitrogens with one attached hydrogen (secondary N) is 1. The van der Waals surface area contributed by atoms with E-state index >= 15 is 0 Å². The van der Waals surface area contributed by atoms with Gasteiger partial charge in [-0.05, 0) is 19.3 Å². The third kappa shape index (κ3) is 3.47. The highest BCUT2D eigenvalue weighted by Gasteiger charge is 2.41. The first-order chi connectivity index (χ1) is 8.72. The fourth-order valence-corrected chi connectivity index (χ4v) is 2.55. The molecule has 2 rings (SSSR count). The largest absolute Gasteiger partial charge is 0.356 e. The van der Waals surface area contributed by atoms with Crippen LogP contribution in [0.15, 0.2) is 0 Å². The molecule has 0 unspecified atom stereocenters. The zero-order valence-corrected chi connectivity index (χ0v) is 11.3. The van der Waals surface area contributed by atoms with Crippen LogP contribution >= 0.6 is 0 Å². The molecule has 0 radical (unpaired) electrons. The highest BCUT2D eigenvalue weighted by atomic mass is 16.2. The molecule has 102 valence electrons. The topological polar surface area (TPSA) is 49.4 Å². The van der Waals surface area contributed by atoms with E-state index < -0.39 is 0 Å². The second-order valence-electron chi connectivity index (χ2n) is 5.53. The lowest BCUT2D eigenvalue weighted by atomic mass is 10.1. The maximum Gasteiger partial charge on any atom is 0.225 e. The summed E-state index contributed by atoms with van der Waals surface area (Å²) in [5.41, 5.74) is 0. The van der Waals surface area contributed by atoms with Gasteiger partial charge in [-0.25, -0.2) is 0 Å². The maximum atomic E-state index is 11.9. The number of carbonyl (C=O) groups excluding carboxylic acids is 2. The molecule has 0 aromatic carbocycles. The molecule has 1 aliphatic carbocycles. The zero-order valence-electron chi connectivity index (χ0n) is 11.3. The standard InChI is InChI=1S/C14H24N2O2/c1-2-3-4-5-8-15-14(18)11-9-13(17)16(10-11)12-6-7-12/h11-12H,2-10H2,1H3,(H,15,18)/t11-/m0/s1. The quantitative estimate of drug-likeness (QED) is 0.701. The smallest absolute Gasteiger partial charge is 0.225 e. The van der Waals surface area contributed by atoms with Crippen molar-refractivity contribution in [2.24, 2.45) is 5.92 Å². The predicted octanol–water partition coefficient (Wildman–Crippen LogP) is 1.69. The highest BCUT2D eigenvalue weighted by Crippen LogP contribution is 2.32. The van der Waals surface area contributed by atoms with Gasteiger partial charge in [0.2, 0.25) is 11.8 Å². The molecule has 18 heavy (non-hydrogen) atoms. The summed E-state index contributed by atoms with van der Waals surface area (Å²) in [7, 11) is 0. The zero-order chi connectivity index (χ0) is 13.0. The summed E-state index contributed by atoms with van der Waals surface area (Å²) < 4.78 is 0. The lowest BCUT2D eigenvalue weighted by Gasteiger charge is -2.15. The van der Waals surface area contributed by atoms with Gasteiger partial charge in [-0.2, -0.15) is 0 Å². The number of unbranched alkanes of at least 4 members (excludes halogenated alkanes) is 3. The first-order valence-electron chi connectivity index (χ1n) is 7.29. The Balaban J connectivity index is 1.65. The van der Waals surface area contributed by atoms with Crippen LogP contribution < -0.4 is 5.32 Å². The lowest BCUT2D eigenvalue weighted by molar-refractivity contribution is -0.129. The first kappa shape index (κ1) is 13.4. The van der Waals surface area contributed by atoms with Crippen molar-refractivity contribution in [2.45, 2.75) is 57.9 Å². The van der Waals surface area contributed by atoms with Crippen molar-refractivity contribution in [3.05, 3.63) is 0 Å². The lowest BCUT2D eigenvalue weighted by Crippen LogP contribution is -2.34. The maximum absolute atomic E-state index is 11.9. The van der Waals surface area contributed by atoms with E-state index in [1.807, 2.05) is 4.90 Å². The van der Waals surface area contributed by atoms with Crippen molar-refractivity contribution in [3.63, 3.8) is 0 Å². The van der Waals surface area contributed by atoms with Gasteiger partial charge in [0, 0.05) is 25.6 Å². The average molecular weight is 252 g/mol. The molecular weight excluding hydrogens is 228 g/mol. The van der Waals surface area contributed by atoms with Crippen LogP contribution in [-0.4, -0.2) is 35.8 Å². The molecule has 1 saturated heterocycles. The molecule has 0 spiro atoms. The fraction of sp³-hybridized carbons (Fsp3) is 0.857. The van der Waals surface area contributed by atoms with E-state index in [0.29, 0.717) is 19.0 Å². The Hall–Kier alpha value is -1.06. The van der Waals surface area contributed by atoms with Gasteiger partial charge < -0.3 is 10.2 Å². The molecule has 0 aromatic heterocycles. The number of hydrogen-bond donors (Lipinski definition) is 1. The molecule has 0 bridgehead atoms. The van der Waals surface area contributed by atoms with Crippen LogP contribution in [-0.2, 0) is 9.59 Å². The second kappa shape index (κ2) is 6.21. The normalized spacial score (nSPS) is 23.5. The van der Waals surface area contributed by atoms with Crippen LogP contribution in [0.5, 0.6) is 0 Å². The Kier molecular flexibility index (Phi) is 4.61. The van der Waals surface area contributed by atoms with E-state index in [2.05, 4.69) is 12.2 Å². The summed E-state index contributed by atoms with van der Waals surface area (Å²) in [6.07, 6.45) is 7.32. The minimum absolute atomic E-state index is 0.0722. The number of carbonyl (C=O) groups is 2. The van der Waals surface area contributed by atoms with E-state index in [9.17, 15) is 9.59 Å². The Bertz CT molecular complexity index is 313. The number of nitrogens with zero attached hydrogens (tertiary/aromatic N) is 1. The molecule has 1 N–H and O–H groups in total. The van der Waals surface area contributed by atoms with Gasteiger partial charge in [0.1, 0.15) is 0 Å². The summed E-state index contributed by atoms with van der Waals surface area (Å²) in [6.45, 7) is 3.58. The molecular formula is C14H24N2O2. The van der Waals surface area contributed by atoms with Crippen LogP contribution in [0.4, 0.5) is 0 Å². The van der Waals surface area contributed by atoms with E-state index in [1.54, 1.807) is 0 Å². The van der Waals surface area contributed by atoms with Gasteiger partial charge in [-0.15, -0.1) is 0 Å². The van der Waals surface area contributed by atoms with Crippen LogP contribution in [0.1, 0.15) is 51.9 Å². The third-order valence-corrected chi connectivity index (χ3v) is 3.85. The molecule has 0 aromatic rings. The molecule has 1 aliphatic heterocycles. The van der Waals surface area contributed by atoms with Crippen molar-refractivity contribution in [3.8, 4) is 0 Å². The van der Waals surface area contributed by atoms with E-state index in [-0.39, 0.29) is 17.7 Å². The number of rotatable bonds is 7. The Morgan fingerprint density at radius 1 is 1.33 bits per heavy atom. The van der Waals surface area contributed by atoms with E-state index in [4.69, 9.17) is 0 Å². The summed E-state index contributed by atoms with van der Waals surface area (Å²) >= 11 is 0. The third-order valence-electron chi connectivity index (χ3n) is 3.85. The molecule has 1 atom stereocenters. The summed E-state index contributed by atoms with van der Waals surface area (Å²) in [4.78, 5) is 25.6. The van der Waals surface area contributed by atoms with Gasteiger partial charge in [0.05, 0.1) is 5.92 Å². The van der Waals surface area contributed by atoms with Crippen molar-refractivity contribution in [2.75, 3.05) is 13.1 Å². The Labute approximate surface area is 109 Å². The highest BCUT2D eigenvalue weighted by molar-refractivity contribution is 5.89. The van der Waals surface area contributed by atoms with Crippen molar-refractivity contribution in [1.82, 2.24) is 10.2 Å². The van der Waals surface area contributed by atoms with Gasteiger partial charge in [-0.3, -0.25) is 9.59 Å². The number of likely N-dealkylation sites (tertiary alicyclic amines) is 1. The molecule has 1 heterocycles. The van der Waals surface area contributed by atoms with Gasteiger partial charge in [-0.1, -0.05) is 26.2 Å². The summed E-state index contributed by atoms with van der Waals surface area (Å²) in [5.74, 6) is 0.135. The van der Waals surface area contributed by atoms with E-state index in [1.165, 1.54) is 19.3 Å². The number of amides is 2. The van der Waals surface area contributed by atoms with Crippen molar-refractivity contribution >= 4 is 11.8 Å². The SMILES string of the molecule is CCCCCCNC(=O)[C@H]1CC(=O)N(C2CC2)C1. The first-order valence-corrected chi connectivity index (χ1v) is 7.29. The van der Waals surface area contributed by atoms with Crippen LogP contribution in [0.2, 0.25) is 0 Å². The number of hydrogen-bond acceptors (Lipinski definition) is 2. The van der Waals surface area contributed by atoms with Crippen LogP contribution in [0.3, 0.4) is 0 Å². The predicted molar refractivity (Wildman–Crippen MR) is 70.0 cm³/mol. The van der Waals surface area contributed by atoms with Gasteiger partial charge in [0.25, 0.3) is 0 Å². The van der Waals surface area contributed by atoms with Crippen molar-refractivity contribution < 1.29 is 9.59 Å². The van der Waals surface area contributed by atoms with Gasteiger partial charge in [0.15, 0.2) is 0 Å². The minimum atomic E-state index is -0.107. The Morgan fingerprint density at radius 3 is 2.78 bits per heavy atom. The average Bonchev–Trinajstić information content (AvgIpc) is 3.12. The summed E-state index contributed by atoms with van der Waals surface area (Å²) in [5, 5.41) is 2.97. The van der Waals surface area contributed by atoms with Crippen molar-refractivity contribution in [1.29, 1.82) is 0 Å². The molecule has 4 heteroatoms. The van der Waals surface area contributed by atoms with Crippen LogP contribution in [0, 0.1) is 5.92 Å². The van der Waals surface area contributed by atoms with Gasteiger partial charge >= 0.3 is 0 Å². The Morgan fingerprint density at radius 2 is 2.11 bits per heavy atom. The monoisotopic (exact) mass is 252 g/mol. The fourth-order valence-electron chi connectivity index (χ4n) is 2.55. The second-order valence-corrected chi connectivity index (χ2v) is 5.53. The molecule has 2 aliphatic rings. The van der Waals surface area contributed by atoms with Crippen LogP contribution in [0.25, 0.3) is 0 Å². The summed E-state index contributed by atoms with van der Waals surface area (Å²) in [6, 6.07) is 0.444. The molecule has 1 saturated carbocycles. The minimum Gasteiger partial charge on any atom is -0.356 e. The molecule has 2 amide bonds. The molecule has 4 nitrogen and oxygen atoms in total. The molecule has 2 fully saturated rings.